The molecule has 0 radical (unpaired) electrons. The molecule has 0 spiro atoms. The lowest BCUT2D eigenvalue weighted by molar-refractivity contribution is 0.0526. The second-order valence-corrected chi connectivity index (χ2v) is 5.94. The van der Waals surface area contributed by atoms with E-state index in [-0.39, 0.29) is 12.1 Å². The second-order valence-electron chi connectivity index (χ2n) is 5.94. The lowest BCUT2D eigenvalue weighted by Crippen LogP contribution is -2.38. The molecule has 0 bridgehead atoms. The molecule has 6 nitrogen and oxygen atoms in total. The number of carbonyl (C=O) groups is 1. The average Bonchev–Trinajstić information content (AvgIpc) is 2.84. The number of carbonyl (C=O) groups excluding carboxylic acids is 1. The number of amides is 1. The topological polar surface area (TPSA) is 83.4 Å². The Morgan fingerprint density at radius 1 is 1.55 bits per heavy atom. The van der Waals surface area contributed by atoms with E-state index in [1.165, 1.54) is 0 Å². The molecular weight excluding hydrogens is 258 g/mol. The van der Waals surface area contributed by atoms with Crippen LogP contribution in [0.1, 0.15) is 40.0 Å². The number of nitrogens with zero attached hydrogens (tertiary/aromatic N) is 1. The Hall–Kier alpha value is -1.32. The molecule has 1 aliphatic rings. The predicted octanol–water partition coefficient (Wildman–Crippen LogP) is 1.56. The second kappa shape index (κ2) is 8.08. The van der Waals surface area contributed by atoms with Gasteiger partial charge in [-0.2, -0.15) is 5.26 Å². The standard InChI is InChI=1S/C14H25N3O3/c1-14(2,3)20-13(18)16-7-6-11(9-15)17-10-12-5-4-8-19-12/h11-12,17H,4-8,10H2,1-3H3,(H,16,18). The third kappa shape index (κ3) is 7.31. The van der Waals surface area contributed by atoms with Crippen LogP contribution in [0.3, 0.4) is 0 Å². The number of ether oxygens (including phenoxy) is 2. The molecule has 0 aromatic rings. The molecule has 1 rings (SSSR count). The van der Waals surface area contributed by atoms with Crippen molar-refractivity contribution >= 4 is 6.09 Å². The molecule has 0 aromatic heterocycles. The first kappa shape index (κ1) is 16.7. The maximum absolute atomic E-state index is 11.4. The molecule has 1 saturated heterocycles. The van der Waals surface area contributed by atoms with Crippen molar-refractivity contribution < 1.29 is 14.3 Å². The quantitative estimate of drug-likeness (QED) is 0.773. The van der Waals surface area contributed by atoms with Gasteiger partial charge in [-0.3, -0.25) is 5.32 Å². The van der Waals surface area contributed by atoms with E-state index in [9.17, 15) is 4.79 Å². The van der Waals surface area contributed by atoms with E-state index < -0.39 is 11.7 Å². The van der Waals surface area contributed by atoms with Crippen LogP contribution in [0.25, 0.3) is 0 Å². The van der Waals surface area contributed by atoms with E-state index in [1.54, 1.807) is 0 Å². The summed E-state index contributed by atoms with van der Waals surface area (Å²) in [6, 6.07) is 1.91. The number of hydrogen-bond acceptors (Lipinski definition) is 5. The molecule has 2 N–H and O–H groups in total. The molecule has 2 atom stereocenters. The summed E-state index contributed by atoms with van der Waals surface area (Å²) in [5.74, 6) is 0. The number of rotatable bonds is 6. The molecule has 1 aliphatic heterocycles. The van der Waals surface area contributed by atoms with Crippen LogP contribution in [0.2, 0.25) is 0 Å². The normalized spacial score (nSPS) is 20.2. The van der Waals surface area contributed by atoms with Gasteiger partial charge in [0, 0.05) is 19.7 Å². The summed E-state index contributed by atoms with van der Waals surface area (Å²) in [6.07, 6.45) is 2.44. The van der Waals surface area contributed by atoms with Crippen molar-refractivity contribution in [1.29, 1.82) is 5.26 Å². The van der Waals surface area contributed by atoms with Crippen LogP contribution >= 0.6 is 0 Å². The molecule has 0 aliphatic carbocycles. The summed E-state index contributed by atoms with van der Waals surface area (Å²) in [4.78, 5) is 11.4. The Labute approximate surface area is 120 Å². The number of hydrogen-bond donors (Lipinski definition) is 2. The van der Waals surface area contributed by atoms with Crippen molar-refractivity contribution in [3.8, 4) is 6.07 Å². The lowest BCUT2D eigenvalue weighted by Gasteiger charge is -2.20. The van der Waals surface area contributed by atoms with Crippen LogP contribution < -0.4 is 10.6 Å². The van der Waals surface area contributed by atoms with Gasteiger partial charge in [-0.15, -0.1) is 0 Å². The van der Waals surface area contributed by atoms with Gasteiger partial charge in [-0.25, -0.2) is 4.79 Å². The van der Waals surface area contributed by atoms with Crippen molar-refractivity contribution in [2.45, 2.75) is 57.8 Å². The third-order valence-corrected chi connectivity index (χ3v) is 2.87. The molecule has 0 saturated carbocycles. The van der Waals surface area contributed by atoms with Crippen molar-refractivity contribution in [2.75, 3.05) is 19.7 Å². The van der Waals surface area contributed by atoms with E-state index in [2.05, 4.69) is 16.7 Å². The van der Waals surface area contributed by atoms with Gasteiger partial charge >= 0.3 is 6.09 Å². The van der Waals surface area contributed by atoms with Crippen molar-refractivity contribution in [2.24, 2.45) is 0 Å². The first-order valence-corrected chi connectivity index (χ1v) is 7.12. The molecule has 2 unspecified atom stereocenters. The molecule has 1 heterocycles. The van der Waals surface area contributed by atoms with Gasteiger partial charge in [0.2, 0.25) is 0 Å². The summed E-state index contributed by atoms with van der Waals surface area (Å²) in [6.45, 7) is 7.34. The zero-order valence-corrected chi connectivity index (χ0v) is 12.6. The van der Waals surface area contributed by atoms with Crippen LogP contribution in [0.4, 0.5) is 4.79 Å². The van der Waals surface area contributed by atoms with E-state index in [0.29, 0.717) is 19.5 Å². The minimum Gasteiger partial charge on any atom is -0.444 e. The van der Waals surface area contributed by atoms with Crippen LogP contribution in [0, 0.1) is 11.3 Å². The zero-order chi connectivity index (χ0) is 15.0. The minimum atomic E-state index is -0.503. The Kier molecular flexibility index (Phi) is 6.76. The molecule has 20 heavy (non-hydrogen) atoms. The number of nitriles is 1. The summed E-state index contributed by atoms with van der Waals surface area (Å²) in [7, 11) is 0. The fraction of sp³-hybridized carbons (Fsp3) is 0.857. The molecule has 114 valence electrons. The highest BCUT2D eigenvalue weighted by atomic mass is 16.6. The van der Waals surface area contributed by atoms with Crippen LogP contribution in [0.15, 0.2) is 0 Å². The highest BCUT2D eigenvalue weighted by molar-refractivity contribution is 5.67. The monoisotopic (exact) mass is 283 g/mol. The SMILES string of the molecule is CC(C)(C)OC(=O)NCCC(C#N)NCC1CCCO1. The smallest absolute Gasteiger partial charge is 0.407 e. The van der Waals surface area contributed by atoms with Gasteiger partial charge in [0.05, 0.1) is 18.2 Å². The summed E-state index contributed by atoms with van der Waals surface area (Å²) < 4.78 is 10.6. The first-order chi connectivity index (χ1) is 9.40. The Morgan fingerprint density at radius 2 is 2.30 bits per heavy atom. The summed E-state index contributed by atoms with van der Waals surface area (Å²) in [5.41, 5.74) is -0.503. The number of nitrogens with one attached hydrogen (secondary N) is 2. The van der Waals surface area contributed by atoms with Crippen molar-refractivity contribution in [3.63, 3.8) is 0 Å². The van der Waals surface area contributed by atoms with E-state index in [0.717, 1.165) is 19.4 Å². The van der Waals surface area contributed by atoms with Gasteiger partial charge in [0.1, 0.15) is 5.60 Å². The van der Waals surface area contributed by atoms with Crippen molar-refractivity contribution in [3.05, 3.63) is 0 Å². The van der Waals surface area contributed by atoms with Gasteiger partial charge in [0.15, 0.2) is 0 Å². The highest BCUT2D eigenvalue weighted by Gasteiger charge is 2.18. The Balaban J connectivity index is 2.14. The van der Waals surface area contributed by atoms with Gasteiger partial charge < -0.3 is 14.8 Å². The van der Waals surface area contributed by atoms with Crippen LogP contribution in [-0.2, 0) is 9.47 Å². The van der Waals surface area contributed by atoms with Gasteiger partial charge in [-0.05, 0) is 40.0 Å². The summed E-state index contributed by atoms with van der Waals surface area (Å²) >= 11 is 0. The minimum absolute atomic E-state index is 0.213. The maximum atomic E-state index is 11.4. The average molecular weight is 283 g/mol. The Bertz CT molecular complexity index is 341. The van der Waals surface area contributed by atoms with Crippen molar-refractivity contribution in [1.82, 2.24) is 10.6 Å². The van der Waals surface area contributed by atoms with E-state index in [1.807, 2.05) is 20.8 Å². The van der Waals surface area contributed by atoms with Crippen LogP contribution in [0.5, 0.6) is 0 Å². The van der Waals surface area contributed by atoms with E-state index in [4.69, 9.17) is 14.7 Å². The Morgan fingerprint density at radius 3 is 2.85 bits per heavy atom. The zero-order valence-electron chi connectivity index (χ0n) is 12.6. The molecule has 1 amide bonds. The van der Waals surface area contributed by atoms with E-state index >= 15 is 0 Å². The highest BCUT2D eigenvalue weighted by Crippen LogP contribution is 2.11. The molecule has 1 fully saturated rings. The molecule has 0 aromatic carbocycles. The lowest BCUT2D eigenvalue weighted by atomic mass is 10.2. The molecular formula is C14H25N3O3. The van der Waals surface area contributed by atoms with Gasteiger partial charge in [0.25, 0.3) is 0 Å². The number of alkyl carbamates (subject to hydrolysis) is 1. The largest absolute Gasteiger partial charge is 0.444 e. The molecule has 6 heteroatoms. The fourth-order valence-corrected chi connectivity index (χ4v) is 1.92. The van der Waals surface area contributed by atoms with Gasteiger partial charge in [-0.1, -0.05) is 0 Å². The maximum Gasteiger partial charge on any atom is 0.407 e. The fourth-order valence-electron chi connectivity index (χ4n) is 1.92. The predicted molar refractivity (Wildman–Crippen MR) is 75.2 cm³/mol. The first-order valence-electron chi connectivity index (χ1n) is 7.12. The van der Waals surface area contributed by atoms with Crippen LogP contribution in [-0.4, -0.2) is 43.5 Å². The third-order valence-electron chi connectivity index (χ3n) is 2.87. The summed E-state index contributed by atoms with van der Waals surface area (Å²) in [5, 5.41) is 14.9.